The van der Waals surface area contributed by atoms with Crippen molar-refractivity contribution in [3.63, 3.8) is 0 Å². The lowest BCUT2D eigenvalue weighted by Gasteiger charge is -2.33. The molecule has 0 aliphatic carbocycles. The molecule has 144 valence electrons. The maximum Gasteiger partial charge on any atom is 0.339 e. The number of hydrogen-bond donors (Lipinski definition) is 0. The first-order chi connectivity index (χ1) is 13.6. The first kappa shape index (κ1) is 20.0. The van der Waals surface area contributed by atoms with E-state index in [4.69, 9.17) is 4.74 Å². The second kappa shape index (κ2) is 9.43. The molecule has 0 N–H and O–H groups in total. The average Bonchev–Trinajstić information content (AvgIpc) is 2.73. The molecular weight excluding hydrogens is 372 g/mol. The Morgan fingerprint density at radius 3 is 2.61 bits per heavy atom. The lowest BCUT2D eigenvalue weighted by atomic mass is 10.0. The summed E-state index contributed by atoms with van der Waals surface area (Å²) < 4.78 is 5.32. The Bertz CT molecular complexity index is 907. The summed E-state index contributed by atoms with van der Waals surface area (Å²) in [6.45, 7) is 2.49. The molecule has 0 spiro atoms. The predicted molar refractivity (Wildman–Crippen MR) is 107 cm³/mol. The monoisotopic (exact) mass is 394 g/mol. The van der Waals surface area contributed by atoms with Gasteiger partial charge in [0.15, 0.2) is 6.61 Å². The van der Waals surface area contributed by atoms with Gasteiger partial charge in [0.05, 0.1) is 11.1 Å². The van der Waals surface area contributed by atoms with Crippen LogP contribution < -0.4 is 0 Å². The van der Waals surface area contributed by atoms with Crippen LogP contribution >= 0.6 is 11.8 Å². The van der Waals surface area contributed by atoms with Gasteiger partial charge in [-0.2, -0.15) is 5.26 Å². The lowest BCUT2D eigenvalue weighted by Crippen LogP contribution is -2.44. The van der Waals surface area contributed by atoms with Gasteiger partial charge in [0.1, 0.15) is 6.07 Å². The lowest BCUT2D eigenvalue weighted by molar-refractivity contribution is -0.137. The molecule has 0 radical (unpaired) electrons. The topological polar surface area (TPSA) is 70.4 Å². The number of esters is 1. The van der Waals surface area contributed by atoms with Gasteiger partial charge in [-0.15, -0.1) is 0 Å². The molecule has 3 rings (SSSR count). The number of carbonyl (C=O) groups is 2. The van der Waals surface area contributed by atoms with E-state index in [1.807, 2.05) is 31.2 Å². The minimum absolute atomic E-state index is 0.152. The summed E-state index contributed by atoms with van der Waals surface area (Å²) >= 11 is 1.34. The molecule has 1 fully saturated rings. The Labute approximate surface area is 169 Å². The maximum absolute atomic E-state index is 12.6. The summed E-state index contributed by atoms with van der Waals surface area (Å²) in [6.07, 6.45) is 3.10. The molecule has 0 saturated carbocycles. The molecule has 0 bridgehead atoms. The first-order valence-electron chi connectivity index (χ1n) is 9.32. The van der Waals surface area contributed by atoms with E-state index >= 15 is 0 Å². The number of piperidine rings is 1. The number of rotatable bonds is 5. The van der Waals surface area contributed by atoms with E-state index in [0.717, 1.165) is 30.7 Å². The highest BCUT2D eigenvalue weighted by Gasteiger charge is 2.24. The highest BCUT2D eigenvalue weighted by molar-refractivity contribution is 7.99. The molecule has 1 saturated heterocycles. The van der Waals surface area contributed by atoms with E-state index in [2.05, 4.69) is 6.07 Å². The minimum atomic E-state index is -0.532. The van der Waals surface area contributed by atoms with Crippen molar-refractivity contribution in [2.24, 2.45) is 0 Å². The third kappa shape index (κ3) is 4.73. The highest BCUT2D eigenvalue weighted by Crippen LogP contribution is 2.32. The molecule has 6 heteroatoms. The van der Waals surface area contributed by atoms with Crippen molar-refractivity contribution in [3.8, 4) is 6.07 Å². The molecule has 1 amide bonds. The largest absolute Gasteiger partial charge is 0.452 e. The van der Waals surface area contributed by atoms with Crippen molar-refractivity contribution in [2.45, 2.75) is 42.0 Å². The van der Waals surface area contributed by atoms with Gasteiger partial charge in [-0.1, -0.05) is 36.0 Å². The number of carbonyl (C=O) groups excluding carboxylic acids is 2. The molecule has 2 aromatic carbocycles. The summed E-state index contributed by atoms with van der Waals surface area (Å²) in [6, 6.07) is 16.6. The zero-order valence-electron chi connectivity index (χ0n) is 15.8. The molecule has 1 atom stereocenters. The molecule has 2 aromatic rings. The van der Waals surface area contributed by atoms with Crippen LogP contribution in [0.1, 0.15) is 42.1 Å². The van der Waals surface area contributed by atoms with Crippen LogP contribution in [0.5, 0.6) is 0 Å². The summed E-state index contributed by atoms with van der Waals surface area (Å²) in [5, 5.41) is 9.27. The van der Waals surface area contributed by atoms with Crippen LogP contribution in [0.3, 0.4) is 0 Å². The maximum atomic E-state index is 12.6. The van der Waals surface area contributed by atoms with E-state index in [1.165, 1.54) is 11.8 Å². The van der Waals surface area contributed by atoms with Gasteiger partial charge in [0.2, 0.25) is 0 Å². The zero-order valence-corrected chi connectivity index (χ0v) is 16.6. The Morgan fingerprint density at radius 2 is 1.86 bits per heavy atom. The number of nitriles is 1. The molecule has 1 aliphatic rings. The van der Waals surface area contributed by atoms with E-state index in [-0.39, 0.29) is 18.6 Å². The molecule has 1 heterocycles. The van der Waals surface area contributed by atoms with Crippen LogP contribution in [-0.4, -0.2) is 36.0 Å². The van der Waals surface area contributed by atoms with E-state index in [1.54, 1.807) is 29.2 Å². The van der Waals surface area contributed by atoms with E-state index < -0.39 is 5.97 Å². The van der Waals surface area contributed by atoms with E-state index in [9.17, 15) is 14.9 Å². The van der Waals surface area contributed by atoms with Crippen LogP contribution in [0, 0.1) is 11.3 Å². The van der Waals surface area contributed by atoms with Gasteiger partial charge in [-0.05, 0) is 50.5 Å². The van der Waals surface area contributed by atoms with Crippen molar-refractivity contribution in [1.82, 2.24) is 4.90 Å². The van der Waals surface area contributed by atoms with Crippen molar-refractivity contribution < 1.29 is 14.3 Å². The van der Waals surface area contributed by atoms with Crippen LogP contribution in [0.4, 0.5) is 0 Å². The van der Waals surface area contributed by atoms with Crippen LogP contribution in [0.15, 0.2) is 58.3 Å². The molecule has 28 heavy (non-hydrogen) atoms. The second-order valence-corrected chi connectivity index (χ2v) is 7.80. The third-order valence-corrected chi connectivity index (χ3v) is 5.94. The van der Waals surface area contributed by atoms with Gasteiger partial charge in [0, 0.05) is 22.4 Å². The molecule has 1 aliphatic heterocycles. The van der Waals surface area contributed by atoms with Crippen LogP contribution in [0.25, 0.3) is 0 Å². The second-order valence-electron chi connectivity index (χ2n) is 6.71. The SMILES string of the molecule is CC1CCCCN1C(=O)COC(=O)c1ccccc1Sc1ccccc1C#N. The van der Waals surface area contributed by atoms with Crippen molar-refractivity contribution in [3.05, 3.63) is 59.7 Å². The van der Waals surface area contributed by atoms with Gasteiger partial charge in [0.25, 0.3) is 5.91 Å². The van der Waals surface area contributed by atoms with Gasteiger partial charge >= 0.3 is 5.97 Å². The van der Waals surface area contributed by atoms with E-state index in [0.29, 0.717) is 16.0 Å². The first-order valence-corrected chi connectivity index (χ1v) is 10.1. The Balaban J connectivity index is 1.69. The number of benzene rings is 2. The molecule has 5 nitrogen and oxygen atoms in total. The number of nitrogens with zero attached hydrogens (tertiary/aromatic N) is 2. The Morgan fingerprint density at radius 1 is 1.14 bits per heavy atom. The third-order valence-electron chi connectivity index (χ3n) is 4.78. The number of hydrogen-bond acceptors (Lipinski definition) is 5. The Kier molecular flexibility index (Phi) is 6.72. The predicted octanol–water partition coefficient (Wildman–Crippen LogP) is 4.27. The molecular formula is C22H22N2O3S. The van der Waals surface area contributed by atoms with Crippen molar-refractivity contribution in [2.75, 3.05) is 13.2 Å². The molecule has 1 unspecified atom stereocenters. The van der Waals surface area contributed by atoms with Crippen LogP contribution in [-0.2, 0) is 9.53 Å². The van der Waals surface area contributed by atoms with Gasteiger partial charge in [-0.25, -0.2) is 4.79 Å². The van der Waals surface area contributed by atoms with Crippen molar-refractivity contribution >= 4 is 23.6 Å². The quantitative estimate of drug-likeness (QED) is 0.709. The van der Waals surface area contributed by atoms with Crippen LogP contribution in [0.2, 0.25) is 0 Å². The average molecular weight is 394 g/mol. The van der Waals surface area contributed by atoms with Gasteiger partial charge in [-0.3, -0.25) is 4.79 Å². The number of ether oxygens (including phenoxy) is 1. The van der Waals surface area contributed by atoms with Gasteiger partial charge < -0.3 is 9.64 Å². The standard InChI is InChI=1S/C22H22N2O3S/c1-16-8-6-7-13-24(16)21(25)15-27-22(26)18-10-3-5-12-20(18)28-19-11-4-2-9-17(19)14-23/h2-5,9-12,16H,6-8,13,15H2,1H3. The normalized spacial score (nSPS) is 16.3. The number of likely N-dealkylation sites (tertiary alicyclic amines) is 1. The summed E-state index contributed by atoms with van der Waals surface area (Å²) in [4.78, 5) is 28.3. The fraction of sp³-hybridized carbons (Fsp3) is 0.318. The minimum Gasteiger partial charge on any atom is -0.452 e. The molecule has 0 aromatic heterocycles. The smallest absolute Gasteiger partial charge is 0.339 e. The highest BCUT2D eigenvalue weighted by atomic mass is 32.2. The zero-order chi connectivity index (χ0) is 19.9. The fourth-order valence-corrected chi connectivity index (χ4v) is 4.26. The summed E-state index contributed by atoms with van der Waals surface area (Å²) in [5.74, 6) is -0.684. The summed E-state index contributed by atoms with van der Waals surface area (Å²) in [7, 11) is 0. The van der Waals surface area contributed by atoms with Crippen molar-refractivity contribution in [1.29, 1.82) is 5.26 Å². The fourth-order valence-electron chi connectivity index (χ4n) is 3.25. The number of amides is 1. The summed E-state index contributed by atoms with van der Waals surface area (Å²) in [5.41, 5.74) is 0.935. The Hall–Kier alpha value is -2.78.